The van der Waals surface area contributed by atoms with Gasteiger partial charge < -0.3 is 14.6 Å². The van der Waals surface area contributed by atoms with E-state index in [-0.39, 0.29) is 5.41 Å². The van der Waals surface area contributed by atoms with Gasteiger partial charge >= 0.3 is 0 Å². The lowest BCUT2D eigenvalue weighted by Crippen LogP contribution is -2.67. The average Bonchev–Trinajstić information content (AvgIpc) is 3.58. The van der Waals surface area contributed by atoms with E-state index >= 15 is 0 Å². The Balaban J connectivity index is 1.01. The summed E-state index contributed by atoms with van der Waals surface area (Å²) in [6, 6.07) is 6.34. The van der Waals surface area contributed by atoms with Crippen LogP contribution in [0, 0.1) is 5.41 Å². The van der Waals surface area contributed by atoms with Crippen LogP contribution in [0.1, 0.15) is 48.4 Å². The van der Waals surface area contributed by atoms with Crippen LogP contribution in [0.5, 0.6) is 0 Å². The monoisotopic (exact) mass is 489 g/mol. The molecule has 1 aliphatic heterocycles. The number of nitrogens with one attached hydrogen (secondary N) is 1. The van der Waals surface area contributed by atoms with Crippen LogP contribution in [0.2, 0.25) is 0 Å². The highest BCUT2D eigenvalue weighted by molar-refractivity contribution is 7.14. The summed E-state index contributed by atoms with van der Waals surface area (Å²) in [5.74, 6) is 0. The Hall–Kier alpha value is -2.91. The largest absolute Gasteiger partial charge is 0.370 e. The molecule has 8 rings (SSSR count). The molecule has 0 radical (unpaired) electrons. The molecule has 4 fully saturated rings. The van der Waals surface area contributed by atoms with Gasteiger partial charge in [-0.1, -0.05) is 17.4 Å². The molecule has 4 aliphatic rings. The Morgan fingerprint density at radius 3 is 2.74 bits per heavy atom. The fourth-order valence-electron chi connectivity index (χ4n) is 6.09. The number of fused-ring (bicyclic) bond motifs is 1. The Morgan fingerprint density at radius 2 is 1.91 bits per heavy atom. The summed E-state index contributed by atoms with van der Waals surface area (Å²) in [7, 11) is 0. The van der Waals surface area contributed by atoms with Gasteiger partial charge in [0, 0.05) is 56.8 Å². The van der Waals surface area contributed by atoms with Gasteiger partial charge in [-0.15, -0.1) is 10.2 Å². The lowest BCUT2D eigenvalue weighted by Gasteiger charge is -2.66. The summed E-state index contributed by atoms with van der Waals surface area (Å²) >= 11 is 1.60. The number of imidazole rings is 1. The molecule has 0 atom stereocenters. The number of anilines is 1. The molecule has 3 aliphatic carbocycles. The van der Waals surface area contributed by atoms with Gasteiger partial charge in [0.05, 0.1) is 17.6 Å². The summed E-state index contributed by atoms with van der Waals surface area (Å²) in [6.45, 7) is 3.88. The first-order chi connectivity index (χ1) is 17.0. The van der Waals surface area contributed by atoms with Gasteiger partial charge in [-0.05, 0) is 55.2 Å². The van der Waals surface area contributed by atoms with E-state index < -0.39 is 5.67 Å². The molecule has 0 unspecified atom stereocenters. The number of halogens is 1. The van der Waals surface area contributed by atoms with Crippen molar-refractivity contribution in [2.45, 2.75) is 50.7 Å². The molecule has 4 aromatic rings. The van der Waals surface area contributed by atoms with Crippen molar-refractivity contribution in [3.05, 3.63) is 59.3 Å². The molecule has 3 saturated carbocycles. The molecule has 5 heterocycles. The first kappa shape index (κ1) is 21.4. The van der Waals surface area contributed by atoms with E-state index in [0.29, 0.717) is 6.42 Å². The van der Waals surface area contributed by atoms with Crippen LogP contribution in [-0.2, 0) is 13.0 Å². The van der Waals surface area contributed by atoms with Crippen LogP contribution < -0.4 is 10.2 Å². The first-order valence-corrected chi connectivity index (χ1v) is 13.3. The van der Waals surface area contributed by atoms with Crippen molar-refractivity contribution in [3.8, 4) is 10.6 Å². The molecule has 0 amide bonds. The summed E-state index contributed by atoms with van der Waals surface area (Å²) in [6.07, 6.45) is 13.4. The molecule has 9 heteroatoms. The number of nitrogens with zero attached hydrogens (tertiary/aromatic N) is 6. The quantitative estimate of drug-likeness (QED) is 0.395. The maximum atomic E-state index is 13.7. The summed E-state index contributed by atoms with van der Waals surface area (Å²) in [4.78, 5) is 11.6. The topological polar surface area (TPSA) is 71.2 Å². The zero-order chi connectivity index (χ0) is 23.5. The highest BCUT2D eigenvalue weighted by Crippen LogP contribution is 2.69. The molecule has 4 aromatic heterocycles. The number of aromatic nitrogens is 5. The molecule has 1 N–H and O–H groups in total. The van der Waals surface area contributed by atoms with E-state index in [2.05, 4.69) is 60.4 Å². The highest BCUT2D eigenvalue weighted by Gasteiger charge is 2.68. The van der Waals surface area contributed by atoms with Crippen molar-refractivity contribution >= 4 is 22.7 Å². The second kappa shape index (κ2) is 8.06. The SMILES string of the molecule is FC12CC(CNCc3ccc4nc(Cc5nnc(-c6cncc(N7CCCC7)c6)s5)cn4c3)(C1)C2. The van der Waals surface area contributed by atoms with Crippen molar-refractivity contribution in [2.24, 2.45) is 5.41 Å². The van der Waals surface area contributed by atoms with Crippen LogP contribution in [-0.4, -0.2) is 49.9 Å². The van der Waals surface area contributed by atoms with E-state index in [1.165, 1.54) is 18.4 Å². The van der Waals surface area contributed by atoms with Crippen molar-refractivity contribution in [2.75, 3.05) is 24.5 Å². The maximum Gasteiger partial charge on any atom is 0.149 e. The molecule has 7 nitrogen and oxygen atoms in total. The number of alkyl halides is 1. The minimum Gasteiger partial charge on any atom is -0.370 e. The molecule has 2 bridgehead atoms. The number of rotatable bonds is 8. The van der Waals surface area contributed by atoms with Crippen molar-refractivity contribution < 1.29 is 4.39 Å². The van der Waals surface area contributed by atoms with Gasteiger partial charge in [0.2, 0.25) is 0 Å². The van der Waals surface area contributed by atoms with Gasteiger partial charge in [-0.2, -0.15) is 0 Å². The number of hydrogen-bond donors (Lipinski definition) is 1. The highest BCUT2D eigenvalue weighted by atomic mass is 32.1. The minimum absolute atomic E-state index is 0.229. The van der Waals surface area contributed by atoms with Crippen LogP contribution in [0.3, 0.4) is 0 Å². The summed E-state index contributed by atoms with van der Waals surface area (Å²) in [5, 5.41) is 14.2. The second-order valence-corrected chi connectivity index (χ2v) is 11.7. The predicted molar refractivity (Wildman–Crippen MR) is 134 cm³/mol. The molecule has 35 heavy (non-hydrogen) atoms. The van der Waals surface area contributed by atoms with Crippen molar-refractivity contribution in [1.82, 2.24) is 29.9 Å². The molecular formula is C26H28FN7S. The normalized spacial score (nSPS) is 25.1. The van der Waals surface area contributed by atoms with Gasteiger partial charge in [0.1, 0.15) is 21.3 Å². The predicted octanol–water partition coefficient (Wildman–Crippen LogP) is 4.42. The van der Waals surface area contributed by atoms with Crippen LogP contribution >= 0.6 is 11.3 Å². The van der Waals surface area contributed by atoms with Gasteiger partial charge in [0.15, 0.2) is 0 Å². The third-order valence-electron chi connectivity index (χ3n) is 7.71. The average molecular weight is 490 g/mol. The lowest BCUT2D eigenvalue weighted by molar-refractivity contribution is -0.209. The zero-order valence-corrected chi connectivity index (χ0v) is 20.4. The number of pyridine rings is 2. The van der Waals surface area contributed by atoms with Crippen molar-refractivity contribution in [3.63, 3.8) is 0 Å². The van der Waals surface area contributed by atoms with Crippen LogP contribution in [0.15, 0.2) is 43.0 Å². The lowest BCUT2D eigenvalue weighted by atomic mass is 9.42. The summed E-state index contributed by atoms with van der Waals surface area (Å²) in [5.41, 5.74) is 4.69. The third-order valence-corrected chi connectivity index (χ3v) is 8.68. The Bertz CT molecular complexity index is 1370. The zero-order valence-electron chi connectivity index (χ0n) is 19.6. The first-order valence-electron chi connectivity index (χ1n) is 12.4. The maximum absolute atomic E-state index is 13.7. The Kier molecular flexibility index (Phi) is 4.92. The van der Waals surface area contributed by atoms with E-state index in [4.69, 9.17) is 4.98 Å². The van der Waals surface area contributed by atoms with Gasteiger partial charge in [0.25, 0.3) is 0 Å². The Labute approximate surface area is 207 Å². The summed E-state index contributed by atoms with van der Waals surface area (Å²) < 4.78 is 15.8. The van der Waals surface area contributed by atoms with Crippen molar-refractivity contribution in [1.29, 1.82) is 0 Å². The van der Waals surface area contributed by atoms with E-state index in [1.807, 2.05) is 12.4 Å². The number of hydrogen-bond acceptors (Lipinski definition) is 7. The van der Waals surface area contributed by atoms with E-state index in [0.717, 1.165) is 78.0 Å². The van der Waals surface area contributed by atoms with E-state index in [9.17, 15) is 4.39 Å². The third kappa shape index (κ3) is 4.00. The second-order valence-electron chi connectivity index (χ2n) is 10.6. The standard InChI is InChI=1S/C26H28FN7S/c27-26-14-25(15-26,16-26)17-29-9-18-3-4-22-30-20(13-34(22)12-18)8-23-31-32-24(35-23)19-7-21(11-28-10-19)33-5-1-2-6-33/h3-4,7,10-13,29H,1-2,5-6,8-9,14-17H2. The molecule has 180 valence electrons. The van der Waals surface area contributed by atoms with Crippen LogP contribution in [0.4, 0.5) is 10.1 Å². The van der Waals surface area contributed by atoms with Gasteiger partial charge in [-0.3, -0.25) is 4.98 Å². The Morgan fingerprint density at radius 1 is 1.06 bits per heavy atom. The minimum atomic E-state index is -0.823. The van der Waals surface area contributed by atoms with Gasteiger partial charge in [-0.25, -0.2) is 9.37 Å². The molecule has 1 saturated heterocycles. The molecule has 0 spiro atoms. The molecule has 0 aromatic carbocycles. The van der Waals surface area contributed by atoms with Crippen LogP contribution in [0.25, 0.3) is 16.2 Å². The fourth-order valence-corrected chi connectivity index (χ4v) is 6.93. The van der Waals surface area contributed by atoms with E-state index in [1.54, 1.807) is 11.3 Å². The smallest absolute Gasteiger partial charge is 0.149 e. The molecular weight excluding hydrogens is 461 g/mol. The fraction of sp³-hybridized carbons (Fsp3) is 0.462.